The molecule has 1 aliphatic carbocycles. The predicted molar refractivity (Wildman–Crippen MR) is 68.3 cm³/mol. The molecule has 0 amide bonds. The first-order valence-corrected chi connectivity index (χ1v) is 6.47. The van der Waals surface area contributed by atoms with E-state index in [0.29, 0.717) is 0 Å². The van der Waals surface area contributed by atoms with Crippen LogP contribution >= 0.6 is 0 Å². The second-order valence-electron chi connectivity index (χ2n) is 5.26. The maximum absolute atomic E-state index is 3.58. The van der Waals surface area contributed by atoms with Crippen molar-refractivity contribution in [1.82, 2.24) is 5.32 Å². The third kappa shape index (κ3) is 3.64. The van der Waals surface area contributed by atoms with Gasteiger partial charge in [0.25, 0.3) is 0 Å². The van der Waals surface area contributed by atoms with Crippen LogP contribution in [-0.4, -0.2) is 6.04 Å². The molecule has 0 aliphatic heterocycles. The Morgan fingerprint density at radius 1 is 1.44 bits per heavy atom. The summed E-state index contributed by atoms with van der Waals surface area (Å²) in [5.74, 6) is 0.776. The van der Waals surface area contributed by atoms with Crippen molar-refractivity contribution in [3.63, 3.8) is 0 Å². The second-order valence-corrected chi connectivity index (χ2v) is 5.26. The molecular weight excluding hydrogens is 194 g/mol. The van der Waals surface area contributed by atoms with Crippen LogP contribution in [0, 0.1) is 12.0 Å². The molecule has 0 aromatic heterocycles. The number of nitrogens with one attached hydrogen (secondary N) is 1. The average molecular weight is 216 g/mol. The Kier molecular flexibility index (Phi) is 4.00. The van der Waals surface area contributed by atoms with E-state index in [9.17, 15) is 0 Å². The van der Waals surface area contributed by atoms with E-state index in [1.54, 1.807) is 0 Å². The Hall–Kier alpha value is -0.820. The first kappa shape index (κ1) is 11.7. The summed E-state index contributed by atoms with van der Waals surface area (Å²) < 4.78 is 0. The highest BCUT2D eigenvalue weighted by molar-refractivity contribution is 5.26. The van der Waals surface area contributed by atoms with E-state index in [1.807, 2.05) is 6.07 Å². The summed E-state index contributed by atoms with van der Waals surface area (Å²) >= 11 is 0. The third-order valence-electron chi connectivity index (χ3n) is 3.17. The van der Waals surface area contributed by atoms with Crippen LogP contribution < -0.4 is 5.32 Å². The van der Waals surface area contributed by atoms with Crippen LogP contribution in [0.3, 0.4) is 0 Å². The monoisotopic (exact) mass is 216 g/mol. The molecule has 1 saturated carbocycles. The van der Waals surface area contributed by atoms with Gasteiger partial charge in [0, 0.05) is 12.6 Å². The van der Waals surface area contributed by atoms with Crippen LogP contribution in [0.5, 0.6) is 0 Å². The van der Waals surface area contributed by atoms with Gasteiger partial charge in [0.2, 0.25) is 0 Å². The van der Waals surface area contributed by atoms with E-state index in [4.69, 9.17) is 0 Å². The van der Waals surface area contributed by atoms with Crippen LogP contribution in [-0.2, 0) is 13.0 Å². The fraction of sp³-hybridized carbons (Fsp3) is 0.600. The summed E-state index contributed by atoms with van der Waals surface area (Å²) in [6.45, 7) is 5.59. The Balaban J connectivity index is 1.92. The lowest BCUT2D eigenvalue weighted by molar-refractivity contribution is 0.582. The van der Waals surface area contributed by atoms with Crippen molar-refractivity contribution >= 4 is 0 Å². The summed E-state index contributed by atoms with van der Waals surface area (Å²) in [4.78, 5) is 0. The van der Waals surface area contributed by atoms with Crippen molar-refractivity contribution in [1.29, 1.82) is 0 Å². The molecule has 1 nitrogen and oxygen atoms in total. The highest BCUT2D eigenvalue weighted by atomic mass is 14.9. The zero-order chi connectivity index (χ0) is 11.4. The van der Waals surface area contributed by atoms with Gasteiger partial charge in [-0.2, -0.15) is 0 Å². The Morgan fingerprint density at radius 2 is 2.25 bits per heavy atom. The summed E-state index contributed by atoms with van der Waals surface area (Å²) in [5.41, 5.74) is 2.85. The first-order chi connectivity index (χ1) is 7.75. The smallest absolute Gasteiger partial charge is 0.0211 e. The third-order valence-corrected chi connectivity index (χ3v) is 3.17. The number of benzene rings is 1. The molecular formula is C15H22N. The Labute approximate surface area is 99.3 Å². The molecule has 1 fully saturated rings. The summed E-state index contributed by atoms with van der Waals surface area (Å²) in [5, 5.41) is 3.58. The lowest BCUT2D eigenvalue weighted by Gasteiger charge is -2.11. The zero-order valence-electron chi connectivity index (χ0n) is 10.4. The summed E-state index contributed by atoms with van der Waals surface area (Å²) in [7, 11) is 0. The standard InChI is InChI=1S/C15H22N/c1-12(2)7-8-13-5-3-4-6-14(13)11-16-15-9-10-15/h3-4,6,12,15-16H,7-11H2,1-2H3. The van der Waals surface area contributed by atoms with Crippen LogP contribution in [0.25, 0.3) is 0 Å². The predicted octanol–water partition coefficient (Wildman–Crippen LogP) is 3.33. The molecule has 1 aromatic carbocycles. The van der Waals surface area contributed by atoms with Crippen molar-refractivity contribution in [3.05, 3.63) is 35.4 Å². The largest absolute Gasteiger partial charge is 0.310 e. The molecule has 2 rings (SSSR count). The van der Waals surface area contributed by atoms with Crippen LogP contribution in [0.1, 0.15) is 44.2 Å². The number of hydrogen-bond donors (Lipinski definition) is 1. The average Bonchev–Trinajstić information content (AvgIpc) is 3.08. The van der Waals surface area contributed by atoms with Crippen molar-refractivity contribution in [3.8, 4) is 0 Å². The van der Waals surface area contributed by atoms with E-state index in [2.05, 4.69) is 37.4 Å². The van der Waals surface area contributed by atoms with Gasteiger partial charge in [-0.3, -0.25) is 0 Å². The maximum Gasteiger partial charge on any atom is 0.0211 e. The lowest BCUT2D eigenvalue weighted by Crippen LogP contribution is -2.16. The highest BCUT2D eigenvalue weighted by Crippen LogP contribution is 2.20. The topological polar surface area (TPSA) is 12.0 Å². The van der Waals surface area contributed by atoms with Crippen LogP contribution in [0.15, 0.2) is 18.2 Å². The van der Waals surface area contributed by atoms with Gasteiger partial charge in [0.05, 0.1) is 0 Å². The van der Waals surface area contributed by atoms with E-state index in [1.165, 1.54) is 36.8 Å². The zero-order valence-corrected chi connectivity index (χ0v) is 10.4. The summed E-state index contributed by atoms with van der Waals surface area (Å²) in [6, 6.07) is 10.6. The maximum atomic E-state index is 3.58. The van der Waals surface area contributed by atoms with Gasteiger partial charge in [-0.05, 0) is 48.8 Å². The van der Waals surface area contributed by atoms with E-state index < -0.39 is 0 Å². The highest BCUT2D eigenvalue weighted by Gasteiger charge is 2.20. The Morgan fingerprint density at radius 3 is 2.94 bits per heavy atom. The van der Waals surface area contributed by atoms with Crippen molar-refractivity contribution in [2.75, 3.05) is 0 Å². The molecule has 0 heterocycles. The summed E-state index contributed by atoms with van der Waals surface area (Å²) in [6.07, 6.45) is 5.15. The van der Waals surface area contributed by atoms with Crippen LogP contribution in [0.2, 0.25) is 0 Å². The molecule has 16 heavy (non-hydrogen) atoms. The Bertz CT molecular complexity index is 301. The molecule has 1 aromatic rings. The minimum absolute atomic E-state index is 0.776. The van der Waals surface area contributed by atoms with Crippen LogP contribution in [0.4, 0.5) is 0 Å². The van der Waals surface area contributed by atoms with Gasteiger partial charge < -0.3 is 5.32 Å². The lowest BCUT2D eigenvalue weighted by atomic mass is 9.98. The minimum Gasteiger partial charge on any atom is -0.310 e. The molecule has 87 valence electrons. The fourth-order valence-corrected chi connectivity index (χ4v) is 1.88. The fourth-order valence-electron chi connectivity index (χ4n) is 1.88. The molecule has 1 aliphatic rings. The minimum atomic E-state index is 0.776. The quantitative estimate of drug-likeness (QED) is 0.769. The molecule has 0 spiro atoms. The van der Waals surface area contributed by atoms with E-state index in [-0.39, 0.29) is 0 Å². The van der Waals surface area contributed by atoms with Gasteiger partial charge in [-0.25, -0.2) is 0 Å². The normalized spacial score (nSPS) is 15.7. The van der Waals surface area contributed by atoms with Gasteiger partial charge in [0.15, 0.2) is 0 Å². The number of rotatable bonds is 6. The van der Waals surface area contributed by atoms with E-state index in [0.717, 1.165) is 18.5 Å². The van der Waals surface area contributed by atoms with Gasteiger partial charge in [-0.15, -0.1) is 0 Å². The molecule has 0 bridgehead atoms. The van der Waals surface area contributed by atoms with Crippen molar-refractivity contribution < 1.29 is 0 Å². The molecule has 1 N–H and O–H groups in total. The first-order valence-electron chi connectivity index (χ1n) is 6.47. The number of hydrogen-bond acceptors (Lipinski definition) is 1. The molecule has 0 atom stereocenters. The van der Waals surface area contributed by atoms with Crippen molar-refractivity contribution in [2.45, 2.75) is 52.1 Å². The van der Waals surface area contributed by atoms with Gasteiger partial charge >= 0.3 is 0 Å². The van der Waals surface area contributed by atoms with Gasteiger partial charge in [-0.1, -0.05) is 32.0 Å². The van der Waals surface area contributed by atoms with Crippen molar-refractivity contribution in [2.24, 2.45) is 5.92 Å². The van der Waals surface area contributed by atoms with Gasteiger partial charge in [0.1, 0.15) is 0 Å². The molecule has 1 radical (unpaired) electrons. The second kappa shape index (κ2) is 5.49. The molecule has 0 unspecified atom stereocenters. The number of aryl methyl sites for hydroxylation is 1. The molecule has 1 heteroatoms. The van der Waals surface area contributed by atoms with E-state index >= 15 is 0 Å². The molecule has 0 saturated heterocycles. The SMILES string of the molecule is CC(C)CCc1[c]cccc1CNC1CC1.